The van der Waals surface area contributed by atoms with Crippen molar-refractivity contribution in [3.63, 3.8) is 0 Å². The van der Waals surface area contributed by atoms with Gasteiger partial charge in [-0.25, -0.2) is 0 Å². The molecule has 88 valence electrons. The van der Waals surface area contributed by atoms with Gasteiger partial charge in [-0.1, -0.05) is 0 Å². The summed E-state index contributed by atoms with van der Waals surface area (Å²) in [6.45, 7) is 3.02. The minimum atomic E-state index is -0.542. The first-order chi connectivity index (χ1) is 8.25. The second kappa shape index (κ2) is 3.85. The van der Waals surface area contributed by atoms with E-state index >= 15 is 0 Å². The van der Waals surface area contributed by atoms with Gasteiger partial charge in [0, 0.05) is 18.8 Å². The van der Waals surface area contributed by atoms with Gasteiger partial charge in [0.15, 0.2) is 0 Å². The van der Waals surface area contributed by atoms with E-state index in [1.165, 1.54) is 0 Å². The van der Waals surface area contributed by atoms with E-state index in [0.717, 1.165) is 18.8 Å². The highest BCUT2D eigenvalue weighted by atomic mass is 16.5. The van der Waals surface area contributed by atoms with E-state index in [-0.39, 0.29) is 0 Å². The minimum absolute atomic E-state index is 0.449. The zero-order chi connectivity index (χ0) is 11.8. The molecule has 0 unspecified atom stereocenters. The number of ether oxygens (including phenoxy) is 1. The number of ketones is 1. The molecule has 0 spiro atoms. The molecule has 5 nitrogen and oxygen atoms in total. The van der Waals surface area contributed by atoms with E-state index in [1.54, 1.807) is 12.1 Å². The fourth-order valence-electron chi connectivity index (χ4n) is 2.15. The van der Waals surface area contributed by atoms with Crippen molar-refractivity contribution in [1.29, 1.82) is 0 Å². The maximum absolute atomic E-state index is 11.6. The average molecular weight is 232 g/mol. The molecule has 3 rings (SSSR count). The molecular formula is C12H12N2O3. The van der Waals surface area contributed by atoms with Crippen molar-refractivity contribution >= 4 is 23.1 Å². The molecule has 2 heterocycles. The van der Waals surface area contributed by atoms with Gasteiger partial charge < -0.3 is 15.0 Å². The van der Waals surface area contributed by atoms with Gasteiger partial charge in [0.1, 0.15) is 0 Å². The third-order valence-electron chi connectivity index (χ3n) is 3.08. The first-order valence-corrected chi connectivity index (χ1v) is 5.58. The number of Topliss-reactive ketones (excluding diaryl/α,β-unsaturated/α-hetero) is 1. The van der Waals surface area contributed by atoms with Crippen molar-refractivity contribution in [3.05, 3.63) is 23.8 Å². The molecule has 0 radical (unpaired) electrons. The molecular weight excluding hydrogens is 220 g/mol. The largest absolute Gasteiger partial charge is 0.378 e. The van der Waals surface area contributed by atoms with Gasteiger partial charge in [0.25, 0.3) is 11.7 Å². The van der Waals surface area contributed by atoms with Gasteiger partial charge in [-0.2, -0.15) is 0 Å². The van der Waals surface area contributed by atoms with Crippen molar-refractivity contribution in [2.45, 2.75) is 0 Å². The van der Waals surface area contributed by atoms with Crippen LogP contribution in [0.1, 0.15) is 10.4 Å². The summed E-state index contributed by atoms with van der Waals surface area (Å²) in [5.74, 6) is -0.991. The number of morpholine rings is 1. The third-order valence-corrected chi connectivity index (χ3v) is 3.08. The van der Waals surface area contributed by atoms with Gasteiger partial charge in [-0.3, -0.25) is 9.59 Å². The van der Waals surface area contributed by atoms with Gasteiger partial charge in [-0.05, 0) is 18.2 Å². The van der Waals surface area contributed by atoms with Crippen LogP contribution in [0.4, 0.5) is 11.4 Å². The molecule has 1 N–H and O–H groups in total. The van der Waals surface area contributed by atoms with Crippen LogP contribution in [-0.2, 0) is 9.53 Å². The molecule has 0 bridgehead atoms. The maximum atomic E-state index is 11.6. The van der Waals surface area contributed by atoms with Crippen molar-refractivity contribution in [3.8, 4) is 0 Å². The lowest BCUT2D eigenvalue weighted by atomic mass is 10.1. The summed E-state index contributed by atoms with van der Waals surface area (Å²) in [4.78, 5) is 25.0. The van der Waals surface area contributed by atoms with Crippen molar-refractivity contribution in [1.82, 2.24) is 0 Å². The monoisotopic (exact) mass is 232 g/mol. The van der Waals surface area contributed by atoms with Crippen molar-refractivity contribution in [2.75, 3.05) is 36.5 Å². The number of hydrogen-bond acceptors (Lipinski definition) is 4. The van der Waals surface area contributed by atoms with Crippen LogP contribution in [0.3, 0.4) is 0 Å². The summed E-state index contributed by atoms with van der Waals surface area (Å²) in [6, 6.07) is 5.48. The number of fused-ring (bicyclic) bond motifs is 1. The Morgan fingerprint density at radius 1 is 1.18 bits per heavy atom. The molecule has 1 saturated heterocycles. The number of carbonyl (C=O) groups is 2. The number of carbonyl (C=O) groups excluding carboxylic acids is 2. The van der Waals surface area contributed by atoms with Crippen molar-refractivity contribution < 1.29 is 14.3 Å². The maximum Gasteiger partial charge on any atom is 0.296 e. The van der Waals surface area contributed by atoms with E-state index in [2.05, 4.69) is 10.2 Å². The smallest absolute Gasteiger partial charge is 0.296 e. The second-order valence-corrected chi connectivity index (χ2v) is 4.11. The van der Waals surface area contributed by atoms with Gasteiger partial charge >= 0.3 is 0 Å². The minimum Gasteiger partial charge on any atom is -0.378 e. The number of nitrogens with zero attached hydrogens (tertiary/aromatic N) is 1. The van der Waals surface area contributed by atoms with Crippen molar-refractivity contribution in [2.24, 2.45) is 0 Å². The van der Waals surface area contributed by atoms with Crippen LogP contribution in [0.2, 0.25) is 0 Å². The summed E-state index contributed by atoms with van der Waals surface area (Å²) in [5, 5.41) is 2.55. The van der Waals surface area contributed by atoms with E-state index in [0.29, 0.717) is 24.5 Å². The zero-order valence-corrected chi connectivity index (χ0v) is 9.23. The molecule has 0 aliphatic carbocycles. The summed E-state index contributed by atoms with van der Waals surface area (Å²) in [6.07, 6.45) is 0. The highest BCUT2D eigenvalue weighted by Gasteiger charge is 2.28. The predicted octanol–water partition coefficient (Wildman–Crippen LogP) is 0.658. The van der Waals surface area contributed by atoms with Gasteiger partial charge in [0.2, 0.25) is 0 Å². The lowest BCUT2D eigenvalue weighted by Gasteiger charge is -2.29. The summed E-state index contributed by atoms with van der Waals surface area (Å²) in [5.41, 5.74) is 2.05. The first-order valence-electron chi connectivity index (χ1n) is 5.58. The number of anilines is 2. The highest BCUT2D eigenvalue weighted by molar-refractivity contribution is 6.51. The van der Waals surface area contributed by atoms with Crippen LogP contribution in [0.25, 0.3) is 0 Å². The SMILES string of the molecule is O=C1Nc2ccc(N3CCOCC3)cc2C1=O. The molecule has 0 aromatic heterocycles. The molecule has 2 aliphatic rings. The topological polar surface area (TPSA) is 58.6 Å². The van der Waals surface area contributed by atoms with Crippen LogP contribution >= 0.6 is 0 Å². The lowest BCUT2D eigenvalue weighted by molar-refractivity contribution is -0.112. The number of benzene rings is 1. The Morgan fingerprint density at radius 2 is 1.94 bits per heavy atom. The Bertz CT molecular complexity index is 493. The normalized spacial score (nSPS) is 19.2. The number of nitrogens with one attached hydrogen (secondary N) is 1. The van der Waals surface area contributed by atoms with Gasteiger partial charge in [0.05, 0.1) is 24.5 Å². The molecule has 1 amide bonds. The van der Waals surface area contributed by atoms with Crippen LogP contribution in [-0.4, -0.2) is 38.0 Å². The van der Waals surface area contributed by atoms with E-state index in [9.17, 15) is 9.59 Å². The first kappa shape index (κ1) is 10.3. The summed E-state index contributed by atoms with van der Waals surface area (Å²) >= 11 is 0. The fraction of sp³-hybridized carbons (Fsp3) is 0.333. The third kappa shape index (κ3) is 1.68. The fourth-order valence-corrected chi connectivity index (χ4v) is 2.15. The second-order valence-electron chi connectivity index (χ2n) is 4.11. The Labute approximate surface area is 98.4 Å². The molecule has 0 atom stereocenters. The van der Waals surface area contributed by atoms with E-state index in [4.69, 9.17) is 4.74 Å². The Kier molecular flexibility index (Phi) is 2.33. The number of amides is 1. The van der Waals surface area contributed by atoms with Crippen LogP contribution < -0.4 is 10.2 Å². The Balaban J connectivity index is 1.93. The lowest BCUT2D eigenvalue weighted by Crippen LogP contribution is -2.36. The molecule has 1 aromatic carbocycles. The number of hydrogen-bond donors (Lipinski definition) is 1. The Morgan fingerprint density at radius 3 is 2.71 bits per heavy atom. The standard InChI is InChI=1S/C12H12N2O3/c15-11-9-7-8(14-3-5-17-6-4-14)1-2-10(9)13-12(11)16/h1-2,7H,3-6H2,(H,13,15,16). The number of rotatable bonds is 1. The quantitative estimate of drug-likeness (QED) is 0.722. The van der Waals surface area contributed by atoms with Crippen LogP contribution in [0.15, 0.2) is 18.2 Å². The average Bonchev–Trinajstić information content (AvgIpc) is 2.66. The van der Waals surface area contributed by atoms with E-state index in [1.807, 2.05) is 6.07 Å². The molecule has 2 aliphatic heterocycles. The van der Waals surface area contributed by atoms with E-state index < -0.39 is 11.7 Å². The van der Waals surface area contributed by atoms with Crippen LogP contribution in [0.5, 0.6) is 0 Å². The summed E-state index contributed by atoms with van der Waals surface area (Å²) in [7, 11) is 0. The highest BCUT2D eigenvalue weighted by Crippen LogP contribution is 2.28. The molecule has 17 heavy (non-hydrogen) atoms. The summed E-state index contributed by atoms with van der Waals surface area (Å²) < 4.78 is 5.28. The molecule has 1 aromatic rings. The zero-order valence-electron chi connectivity index (χ0n) is 9.23. The molecule has 5 heteroatoms. The predicted molar refractivity (Wildman–Crippen MR) is 62.4 cm³/mol. The molecule has 1 fully saturated rings. The van der Waals surface area contributed by atoms with Gasteiger partial charge in [-0.15, -0.1) is 0 Å². The molecule has 0 saturated carbocycles. The Hall–Kier alpha value is -1.88. The van der Waals surface area contributed by atoms with Crippen LogP contribution in [0, 0.1) is 0 Å².